The zero-order valence-electron chi connectivity index (χ0n) is 16.5. The number of hydrogen-bond donors (Lipinski definition) is 0. The molecule has 2 aromatic heterocycles. The van der Waals surface area contributed by atoms with Crippen LogP contribution in [0, 0.1) is 0 Å². The van der Waals surface area contributed by atoms with Gasteiger partial charge in [0.1, 0.15) is 11.8 Å². The normalized spacial score (nSPS) is 15.9. The van der Waals surface area contributed by atoms with E-state index >= 15 is 0 Å². The number of carbonyl (C=O) groups is 4. The van der Waals surface area contributed by atoms with Gasteiger partial charge in [-0.3, -0.25) is 14.4 Å². The van der Waals surface area contributed by atoms with Gasteiger partial charge in [0.2, 0.25) is 5.91 Å². The Balaban J connectivity index is 1.62. The molecule has 1 unspecified atom stereocenters. The lowest BCUT2D eigenvalue weighted by molar-refractivity contribution is -0.122. The molecular formula is C22H18N2O6S. The first kappa shape index (κ1) is 20.5. The van der Waals surface area contributed by atoms with Gasteiger partial charge in [-0.2, -0.15) is 0 Å². The minimum absolute atomic E-state index is 0.0581. The molecule has 0 aliphatic carbocycles. The average molecular weight is 438 g/mol. The van der Waals surface area contributed by atoms with Gasteiger partial charge in [-0.15, -0.1) is 11.3 Å². The maximum atomic E-state index is 13.2. The van der Waals surface area contributed by atoms with E-state index in [2.05, 4.69) is 4.74 Å². The standard InChI is InChI=1S/C22H18N2O6S/c1-29-22(28)14-6-8-15(9-7-14)24-19(25)12-17(20(24)26)23(13-16-4-2-10-30-16)21(27)18-5-3-11-31-18/h2-11,17H,12-13H2,1H3. The Morgan fingerprint density at radius 1 is 1.16 bits per heavy atom. The number of nitrogens with zero attached hydrogens (tertiary/aromatic N) is 2. The van der Waals surface area contributed by atoms with Gasteiger partial charge < -0.3 is 14.1 Å². The number of methoxy groups -OCH3 is 1. The topological polar surface area (TPSA) is 97.1 Å². The maximum Gasteiger partial charge on any atom is 0.337 e. The van der Waals surface area contributed by atoms with E-state index in [0.717, 1.165) is 4.90 Å². The van der Waals surface area contributed by atoms with Crippen LogP contribution < -0.4 is 4.90 Å². The van der Waals surface area contributed by atoms with E-state index in [0.29, 0.717) is 21.9 Å². The first-order valence-electron chi connectivity index (χ1n) is 9.41. The summed E-state index contributed by atoms with van der Waals surface area (Å²) in [5, 5.41) is 1.77. The van der Waals surface area contributed by atoms with Gasteiger partial charge in [0.05, 0.1) is 42.5 Å². The molecule has 9 heteroatoms. The van der Waals surface area contributed by atoms with E-state index < -0.39 is 23.8 Å². The summed E-state index contributed by atoms with van der Waals surface area (Å²) in [6, 6.07) is 11.8. The first-order valence-corrected chi connectivity index (χ1v) is 10.3. The fourth-order valence-electron chi connectivity index (χ4n) is 3.43. The van der Waals surface area contributed by atoms with Crippen LogP contribution in [-0.2, 0) is 20.9 Å². The molecule has 4 rings (SSSR count). The summed E-state index contributed by atoms with van der Waals surface area (Å²) in [5.41, 5.74) is 0.626. The molecule has 1 fully saturated rings. The number of benzene rings is 1. The molecule has 0 radical (unpaired) electrons. The van der Waals surface area contributed by atoms with Crippen molar-refractivity contribution in [3.63, 3.8) is 0 Å². The van der Waals surface area contributed by atoms with Crippen LogP contribution in [0.1, 0.15) is 32.2 Å². The van der Waals surface area contributed by atoms with Crippen molar-refractivity contribution >= 4 is 40.7 Å². The third kappa shape index (κ3) is 3.99. The van der Waals surface area contributed by atoms with Crippen LogP contribution in [-0.4, -0.2) is 41.7 Å². The zero-order chi connectivity index (χ0) is 22.0. The van der Waals surface area contributed by atoms with Crippen LogP contribution in [0.4, 0.5) is 5.69 Å². The molecule has 31 heavy (non-hydrogen) atoms. The fraction of sp³-hybridized carbons (Fsp3) is 0.182. The monoisotopic (exact) mass is 438 g/mol. The molecule has 3 aromatic rings. The number of thiophene rings is 1. The fourth-order valence-corrected chi connectivity index (χ4v) is 4.11. The summed E-state index contributed by atoms with van der Waals surface area (Å²) in [5.74, 6) is -1.29. The van der Waals surface area contributed by atoms with Gasteiger partial charge in [0.25, 0.3) is 11.8 Å². The van der Waals surface area contributed by atoms with Gasteiger partial charge in [0.15, 0.2) is 0 Å². The number of ether oxygens (including phenoxy) is 1. The minimum Gasteiger partial charge on any atom is -0.467 e. The van der Waals surface area contributed by atoms with Crippen LogP contribution in [0.3, 0.4) is 0 Å². The maximum absolute atomic E-state index is 13.2. The second-order valence-electron chi connectivity index (χ2n) is 6.82. The third-order valence-corrected chi connectivity index (χ3v) is 5.80. The van der Waals surface area contributed by atoms with E-state index in [1.165, 1.54) is 53.9 Å². The van der Waals surface area contributed by atoms with Gasteiger partial charge in [-0.25, -0.2) is 9.69 Å². The molecule has 3 amide bonds. The number of rotatable bonds is 6. The van der Waals surface area contributed by atoms with Crippen molar-refractivity contribution in [3.05, 3.63) is 76.4 Å². The summed E-state index contributed by atoms with van der Waals surface area (Å²) in [6.07, 6.45) is 1.34. The Kier molecular flexibility index (Phi) is 5.68. The van der Waals surface area contributed by atoms with Crippen molar-refractivity contribution in [2.45, 2.75) is 19.0 Å². The number of furan rings is 1. The van der Waals surface area contributed by atoms with Crippen molar-refractivity contribution < 1.29 is 28.3 Å². The SMILES string of the molecule is COC(=O)c1ccc(N2C(=O)CC(N(Cc3ccco3)C(=O)c3cccs3)C2=O)cc1. The Labute approximate surface area is 181 Å². The highest BCUT2D eigenvalue weighted by Gasteiger charge is 2.45. The van der Waals surface area contributed by atoms with Crippen molar-refractivity contribution in [1.29, 1.82) is 0 Å². The number of imide groups is 1. The average Bonchev–Trinajstić information content (AvgIpc) is 3.54. The summed E-state index contributed by atoms with van der Waals surface area (Å²) in [4.78, 5) is 53.6. The molecular weight excluding hydrogens is 420 g/mol. The molecule has 0 saturated carbocycles. The summed E-state index contributed by atoms with van der Waals surface area (Å²) in [7, 11) is 1.27. The Morgan fingerprint density at radius 2 is 1.94 bits per heavy atom. The largest absolute Gasteiger partial charge is 0.467 e. The molecule has 1 aliphatic heterocycles. The molecule has 1 atom stereocenters. The number of anilines is 1. The van der Waals surface area contributed by atoms with E-state index in [4.69, 9.17) is 4.42 Å². The summed E-state index contributed by atoms with van der Waals surface area (Å²) >= 11 is 1.26. The second-order valence-corrected chi connectivity index (χ2v) is 7.76. The predicted octanol–water partition coefficient (Wildman–Crippen LogP) is 3.10. The van der Waals surface area contributed by atoms with Crippen molar-refractivity contribution in [2.75, 3.05) is 12.0 Å². The molecule has 1 saturated heterocycles. The van der Waals surface area contributed by atoms with E-state index in [9.17, 15) is 19.2 Å². The zero-order valence-corrected chi connectivity index (χ0v) is 17.3. The highest BCUT2D eigenvalue weighted by molar-refractivity contribution is 7.12. The van der Waals surface area contributed by atoms with Gasteiger partial charge in [-0.05, 0) is 47.8 Å². The minimum atomic E-state index is -0.965. The number of carbonyl (C=O) groups excluding carboxylic acids is 4. The number of hydrogen-bond acceptors (Lipinski definition) is 7. The van der Waals surface area contributed by atoms with Crippen LogP contribution in [0.5, 0.6) is 0 Å². The Morgan fingerprint density at radius 3 is 2.55 bits per heavy atom. The molecule has 158 valence electrons. The first-order chi connectivity index (χ1) is 15.0. The highest BCUT2D eigenvalue weighted by atomic mass is 32.1. The van der Waals surface area contributed by atoms with Crippen molar-refractivity contribution in [1.82, 2.24) is 4.90 Å². The lowest BCUT2D eigenvalue weighted by Crippen LogP contribution is -2.44. The lowest BCUT2D eigenvalue weighted by Gasteiger charge is -2.26. The Bertz CT molecular complexity index is 1110. The third-order valence-electron chi connectivity index (χ3n) is 4.94. The van der Waals surface area contributed by atoms with E-state index in [1.807, 2.05) is 0 Å². The van der Waals surface area contributed by atoms with Crippen molar-refractivity contribution in [3.8, 4) is 0 Å². The summed E-state index contributed by atoms with van der Waals surface area (Å²) in [6.45, 7) is 0.0581. The quantitative estimate of drug-likeness (QED) is 0.433. The van der Waals surface area contributed by atoms with Gasteiger partial charge in [-0.1, -0.05) is 6.07 Å². The smallest absolute Gasteiger partial charge is 0.337 e. The predicted molar refractivity (Wildman–Crippen MR) is 112 cm³/mol. The lowest BCUT2D eigenvalue weighted by atomic mass is 10.1. The molecule has 1 aromatic carbocycles. The van der Waals surface area contributed by atoms with E-state index in [1.54, 1.807) is 29.6 Å². The molecule has 0 spiro atoms. The summed E-state index contributed by atoms with van der Waals surface area (Å²) < 4.78 is 10.0. The number of amides is 3. The van der Waals surface area contributed by atoms with E-state index in [-0.39, 0.29) is 18.9 Å². The van der Waals surface area contributed by atoms with Crippen LogP contribution in [0.15, 0.2) is 64.6 Å². The highest BCUT2D eigenvalue weighted by Crippen LogP contribution is 2.29. The van der Waals surface area contributed by atoms with Gasteiger partial charge in [0, 0.05) is 0 Å². The van der Waals surface area contributed by atoms with Crippen LogP contribution in [0.25, 0.3) is 0 Å². The van der Waals surface area contributed by atoms with Gasteiger partial charge >= 0.3 is 5.97 Å². The number of esters is 1. The van der Waals surface area contributed by atoms with Crippen molar-refractivity contribution in [2.24, 2.45) is 0 Å². The molecule has 0 N–H and O–H groups in total. The molecule has 1 aliphatic rings. The Hall–Kier alpha value is -3.72. The van der Waals surface area contributed by atoms with Crippen LogP contribution in [0.2, 0.25) is 0 Å². The molecule has 8 nitrogen and oxygen atoms in total. The van der Waals surface area contributed by atoms with Crippen LogP contribution >= 0.6 is 11.3 Å². The molecule has 0 bridgehead atoms. The molecule has 3 heterocycles. The second kappa shape index (κ2) is 8.57.